The van der Waals surface area contributed by atoms with E-state index in [9.17, 15) is 0 Å². The lowest BCUT2D eigenvalue weighted by Crippen LogP contribution is -1.97. The van der Waals surface area contributed by atoms with E-state index in [1.807, 2.05) is 0 Å². The molecule has 0 bridgehead atoms. The summed E-state index contributed by atoms with van der Waals surface area (Å²) in [6.45, 7) is 0. The van der Waals surface area contributed by atoms with Crippen molar-refractivity contribution < 1.29 is 0 Å². The first-order valence-corrected chi connectivity index (χ1v) is 8.22. The molecule has 0 atom stereocenters. The van der Waals surface area contributed by atoms with Gasteiger partial charge in [-0.1, -0.05) is 54.7 Å². The molecule has 1 saturated carbocycles. The Morgan fingerprint density at radius 1 is 1.10 bits per heavy atom. The molecule has 1 aliphatic carbocycles. The molecule has 0 amide bonds. The molecule has 1 heterocycles. The highest BCUT2D eigenvalue weighted by atomic mass is 79.9. The molecular formula is C17H13BrN2S. The lowest BCUT2D eigenvalue weighted by atomic mass is 10.0. The molecule has 4 heteroatoms. The number of benzene rings is 2. The number of fused-ring (bicyclic) bond motifs is 1. The SMILES string of the molecule is S=c1nc(-c2cccc3ccccc23)[nH]c(C2CC2)c1Br. The molecule has 1 aromatic heterocycles. The summed E-state index contributed by atoms with van der Waals surface area (Å²) in [6.07, 6.45) is 2.45. The summed E-state index contributed by atoms with van der Waals surface area (Å²) in [5.41, 5.74) is 2.30. The van der Waals surface area contributed by atoms with Gasteiger partial charge in [-0.25, -0.2) is 4.98 Å². The van der Waals surface area contributed by atoms with Crippen LogP contribution in [0.25, 0.3) is 22.2 Å². The second-order valence-corrected chi connectivity index (χ2v) is 6.60. The fourth-order valence-electron chi connectivity index (χ4n) is 2.69. The van der Waals surface area contributed by atoms with Crippen molar-refractivity contribution in [3.05, 3.63) is 57.3 Å². The number of H-pyrrole nitrogens is 1. The molecular weight excluding hydrogens is 344 g/mol. The minimum absolute atomic E-state index is 0.595. The van der Waals surface area contributed by atoms with Crippen LogP contribution in [-0.4, -0.2) is 9.97 Å². The zero-order valence-corrected chi connectivity index (χ0v) is 13.7. The van der Waals surface area contributed by atoms with Crippen LogP contribution < -0.4 is 0 Å². The van der Waals surface area contributed by atoms with Gasteiger partial charge in [0.15, 0.2) is 0 Å². The molecule has 2 nitrogen and oxygen atoms in total. The highest BCUT2D eigenvalue weighted by Crippen LogP contribution is 2.43. The topological polar surface area (TPSA) is 28.7 Å². The van der Waals surface area contributed by atoms with E-state index >= 15 is 0 Å². The molecule has 104 valence electrons. The van der Waals surface area contributed by atoms with E-state index in [1.165, 1.54) is 29.3 Å². The van der Waals surface area contributed by atoms with Crippen LogP contribution in [0.15, 0.2) is 46.9 Å². The first-order chi connectivity index (χ1) is 10.2. The van der Waals surface area contributed by atoms with Crippen LogP contribution in [0.5, 0.6) is 0 Å². The molecule has 21 heavy (non-hydrogen) atoms. The molecule has 0 saturated heterocycles. The summed E-state index contributed by atoms with van der Waals surface area (Å²) in [6, 6.07) is 14.6. The summed E-state index contributed by atoms with van der Waals surface area (Å²) in [4.78, 5) is 8.08. The first-order valence-electron chi connectivity index (χ1n) is 7.02. The predicted octanol–water partition coefficient (Wildman–Crippen LogP) is 5.60. The number of aromatic nitrogens is 2. The normalized spacial score (nSPS) is 14.5. The van der Waals surface area contributed by atoms with Crippen molar-refractivity contribution in [2.24, 2.45) is 0 Å². The third kappa shape index (κ3) is 2.32. The van der Waals surface area contributed by atoms with Crippen LogP contribution in [-0.2, 0) is 0 Å². The number of hydrogen-bond donors (Lipinski definition) is 1. The Labute approximate surface area is 136 Å². The van der Waals surface area contributed by atoms with Crippen LogP contribution in [0.4, 0.5) is 0 Å². The van der Waals surface area contributed by atoms with Crippen LogP contribution in [0.3, 0.4) is 0 Å². The van der Waals surface area contributed by atoms with Gasteiger partial charge in [-0.15, -0.1) is 0 Å². The fraction of sp³-hybridized carbons (Fsp3) is 0.176. The Morgan fingerprint density at radius 2 is 1.86 bits per heavy atom. The van der Waals surface area contributed by atoms with Gasteiger partial charge in [0.1, 0.15) is 10.5 Å². The number of nitrogens with zero attached hydrogens (tertiary/aromatic N) is 1. The molecule has 1 N–H and O–H groups in total. The highest BCUT2D eigenvalue weighted by Gasteiger charge is 2.27. The smallest absolute Gasteiger partial charge is 0.144 e. The zero-order chi connectivity index (χ0) is 14.4. The van der Waals surface area contributed by atoms with Crippen molar-refractivity contribution in [1.82, 2.24) is 9.97 Å². The van der Waals surface area contributed by atoms with E-state index in [4.69, 9.17) is 12.2 Å². The Bertz CT molecular complexity index is 891. The second kappa shape index (κ2) is 5.04. The average molecular weight is 357 g/mol. The molecule has 1 aliphatic rings. The zero-order valence-electron chi connectivity index (χ0n) is 11.3. The number of nitrogens with one attached hydrogen (secondary N) is 1. The molecule has 0 radical (unpaired) electrons. The van der Waals surface area contributed by atoms with Gasteiger partial charge < -0.3 is 4.98 Å². The Morgan fingerprint density at radius 3 is 2.67 bits per heavy atom. The van der Waals surface area contributed by atoms with Gasteiger partial charge in [-0.3, -0.25) is 0 Å². The molecule has 2 aromatic carbocycles. The van der Waals surface area contributed by atoms with Crippen LogP contribution in [0, 0.1) is 4.64 Å². The quantitative estimate of drug-likeness (QED) is 0.605. The molecule has 3 aromatic rings. The number of aromatic amines is 1. The maximum atomic E-state index is 5.42. The lowest BCUT2D eigenvalue weighted by Gasteiger charge is -2.10. The van der Waals surface area contributed by atoms with E-state index in [2.05, 4.69) is 68.4 Å². The van der Waals surface area contributed by atoms with Gasteiger partial charge in [-0.2, -0.15) is 0 Å². The Kier molecular flexibility index (Phi) is 3.16. The number of rotatable bonds is 2. The summed E-state index contributed by atoms with van der Waals surface area (Å²) in [7, 11) is 0. The number of halogens is 1. The van der Waals surface area contributed by atoms with Gasteiger partial charge in [0.25, 0.3) is 0 Å². The summed E-state index contributed by atoms with van der Waals surface area (Å²) in [5.74, 6) is 1.46. The van der Waals surface area contributed by atoms with Crippen LogP contribution in [0.2, 0.25) is 0 Å². The van der Waals surface area contributed by atoms with Crippen molar-refractivity contribution in [3.63, 3.8) is 0 Å². The maximum Gasteiger partial charge on any atom is 0.144 e. The van der Waals surface area contributed by atoms with Gasteiger partial charge >= 0.3 is 0 Å². The van der Waals surface area contributed by atoms with E-state index < -0.39 is 0 Å². The Balaban J connectivity index is 1.99. The van der Waals surface area contributed by atoms with Gasteiger partial charge in [0, 0.05) is 17.2 Å². The fourth-order valence-corrected chi connectivity index (χ4v) is 3.40. The van der Waals surface area contributed by atoms with Gasteiger partial charge in [-0.05, 0) is 39.5 Å². The van der Waals surface area contributed by atoms with E-state index in [0.717, 1.165) is 15.9 Å². The van der Waals surface area contributed by atoms with E-state index in [1.54, 1.807) is 0 Å². The molecule has 0 spiro atoms. The molecule has 4 rings (SSSR count). The molecule has 0 aliphatic heterocycles. The third-order valence-electron chi connectivity index (χ3n) is 3.92. The van der Waals surface area contributed by atoms with Crippen molar-refractivity contribution in [2.45, 2.75) is 18.8 Å². The number of hydrogen-bond acceptors (Lipinski definition) is 2. The predicted molar refractivity (Wildman–Crippen MR) is 92.0 cm³/mol. The third-order valence-corrected chi connectivity index (χ3v) is 5.28. The molecule has 0 unspecified atom stereocenters. The molecule has 1 fully saturated rings. The second-order valence-electron chi connectivity index (χ2n) is 5.42. The average Bonchev–Trinajstić information content (AvgIpc) is 3.34. The van der Waals surface area contributed by atoms with Gasteiger partial charge in [0.2, 0.25) is 0 Å². The largest absolute Gasteiger partial charge is 0.342 e. The van der Waals surface area contributed by atoms with Gasteiger partial charge in [0.05, 0.1) is 4.47 Å². The maximum absolute atomic E-state index is 5.42. The van der Waals surface area contributed by atoms with E-state index in [0.29, 0.717) is 10.6 Å². The van der Waals surface area contributed by atoms with Crippen molar-refractivity contribution in [1.29, 1.82) is 0 Å². The highest BCUT2D eigenvalue weighted by molar-refractivity contribution is 9.10. The Hall–Kier alpha value is -1.52. The first kappa shape index (κ1) is 13.2. The van der Waals surface area contributed by atoms with Crippen LogP contribution >= 0.6 is 28.1 Å². The lowest BCUT2D eigenvalue weighted by molar-refractivity contribution is 0.974. The minimum atomic E-state index is 0.595. The van der Waals surface area contributed by atoms with Crippen molar-refractivity contribution in [2.75, 3.05) is 0 Å². The van der Waals surface area contributed by atoms with Crippen molar-refractivity contribution >= 4 is 38.9 Å². The van der Waals surface area contributed by atoms with E-state index in [-0.39, 0.29) is 0 Å². The monoisotopic (exact) mass is 356 g/mol. The minimum Gasteiger partial charge on any atom is -0.342 e. The standard InChI is InChI=1S/C17H13BrN2S/c18-14-15(11-8-9-11)19-16(20-17(14)21)13-7-3-5-10-4-1-2-6-12(10)13/h1-7,11H,8-9H2,(H,19,20,21). The summed E-state index contributed by atoms with van der Waals surface area (Å²) < 4.78 is 1.59. The van der Waals surface area contributed by atoms with Crippen LogP contribution in [0.1, 0.15) is 24.5 Å². The summed E-state index contributed by atoms with van der Waals surface area (Å²) in [5, 5.41) is 2.41. The van der Waals surface area contributed by atoms with Crippen molar-refractivity contribution in [3.8, 4) is 11.4 Å². The summed E-state index contributed by atoms with van der Waals surface area (Å²) >= 11 is 9.00.